The van der Waals surface area contributed by atoms with Gasteiger partial charge in [0, 0.05) is 17.0 Å². The highest BCUT2D eigenvalue weighted by Gasteiger charge is 2.15. The molecule has 98 valence electrons. The summed E-state index contributed by atoms with van der Waals surface area (Å²) in [6, 6.07) is 1.97. The summed E-state index contributed by atoms with van der Waals surface area (Å²) in [5, 5.41) is 4.46. The van der Waals surface area contributed by atoms with Gasteiger partial charge >= 0.3 is 0 Å². The van der Waals surface area contributed by atoms with Crippen LogP contribution in [-0.2, 0) is 6.54 Å². The predicted octanol–water partition coefficient (Wildman–Crippen LogP) is 3.91. The van der Waals surface area contributed by atoms with Crippen LogP contribution in [0, 0.1) is 13.8 Å². The van der Waals surface area contributed by atoms with Crippen LogP contribution in [0.25, 0.3) is 10.8 Å². The summed E-state index contributed by atoms with van der Waals surface area (Å²) in [6.45, 7) is 11.5. The molecule has 4 heteroatoms. The Labute approximate surface area is 112 Å². The second kappa shape index (κ2) is 4.86. The number of nitrogens with zero attached hydrogens (tertiary/aromatic N) is 1. The first kappa shape index (κ1) is 13.3. The molecule has 18 heavy (non-hydrogen) atoms. The lowest BCUT2D eigenvalue weighted by molar-refractivity contribution is 0.425. The molecule has 0 aliphatic rings. The van der Waals surface area contributed by atoms with Gasteiger partial charge in [-0.05, 0) is 46.2 Å². The maximum Gasteiger partial charge on any atom is 0.165 e. The molecule has 3 nitrogen and oxygen atoms in total. The molecule has 2 aromatic heterocycles. The normalized spacial score (nSPS) is 12.1. The van der Waals surface area contributed by atoms with E-state index in [1.807, 2.05) is 13.0 Å². The van der Waals surface area contributed by atoms with Gasteiger partial charge in [0.15, 0.2) is 10.8 Å². The largest absolute Gasteiger partial charge is 0.462 e. The third-order valence-electron chi connectivity index (χ3n) is 2.73. The van der Waals surface area contributed by atoms with E-state index in [2.05, 4.69) is 38.0 Å². The summed E-state index contributed by atoms with van der Waals surface area (Å²) >= 11 is 1.70. The third kappa shape index (κ3) is 3.00. The monoisotopic (exact) mass is 264 g/mol. The number of hydrogen-bond donors (Lipinski definition) is 1. The summed E-state index contributed by atoms with van der Waals surface area (Å²) in [7, 11) is 0. The molecule has 0 radical (unpaired) electrons. The quantitative estimate of drug-likeness (QED) is 0.913. The zero-order chi connectivity index (χ0) is 13.3. The Morgan fingerprint density at radius 1 is 1.33 bits per heavy atom. The average Bonchev–Trinajstić information content (AvgIpc) is 2.81. The second-order valence-corrected chi connectivity index (χ2v) is 6.65. The summed E-state index contributed by atoms with van der Waals surface area (Å²) < 4.78 is 5.49. The molecule has 2 rings (SSSR count). The summed E-state index contributed by atoms with van der Waals surface area (Å²) in [5.41, 5.74) is 2.35. The molecule has 0 saturated heterocycles. The lowest BCUT2D eigenvalue weighted by Gasteiger charge is -2.19. The first-order valence-electron chi connectivity index (χ1n) is 6.12. The van der Waals surface area contributed by atoms with Crippen LogP contribution >= 0.6 is 11.3 Å². The molecule has 2 heterocycles. The Morgan fingerprint density at radius 2 is 2.06 bits per heavy atom. The van der Waals surface area contributed by atoms with Crippen LogP contribution < -0.4 is 5.32 Å². The highest BCUT2D eigenvalue weighted by atomic mass is 32.1. The number of aryl methyl sites for hydroxylation is 2. The van der Waals surface area contributed by atoms with Crippen LogP contribution in [0.3, 0.4) is 0 Å². The fourth-order valence-corrected chi connectivity index (χ4v) is 2.68. The van der Waals surface area contributed by atoms with Crippen molar-refractivity contribution in [2.24, 2.45) is 0 Å². The maximum atomic E-state index is 5.49. The Balaban J connectivity index is 2.20. The van der Waals surface area contributed by atoms with E-state index >= 15 is 0 Å². The van der Waals surface area contributed by atoms with E-state index in [1.165, 1.54) is 4.88 Å². The number of rotatable bonds is 3. The first-order chi connectivity index (χ1) is 8.37. The van der Waals surface area contributed by atoms with Crippen molar-refractivity contribution in [1.82, 2.24) is 10.3 Å². The smallest absolute Gasteiger partial charge is 0.165 e. The van der Waals surface area contributed by atoms with Gasteiger partial charge in [0.05, 0.1) is 12.0 Å². The second-order valence-electron chi connectivity index (χ2n) is 5.56. The molecule has 0 fully saturated rings. The molecule has 0 aromatic carbocycles. The highest BCUT2D eigenvalue weighted by molar-refractivity contribution is 7.15. The van der Waals surface area contributed by atoms with Gasteiger partial charge in [-0.3, -0.25) is 0 Å². The Bertz CT molecular complexity index is 534. The van der Waals surface area contributed by atoms with Gasteiger partial charge in [0.2, 0.25) is 0 Å². The van der Waals surface area contributed by atoms with Crippen molar-refractivity contribution in [2.75, 3.05) is 0 Å². The minimum absolute atomic E-state index is 0.122. The Kier molecular flexibility index (Phi) is 3.59. The molecule has 0 saturated carbocycles. The van der Waals surface area contributed by atoms with Gasteiger partial charge in [0.25, 0.3) is 0 Å². The summed E-state index contributed by atoms with van der Waals surface area (Å²) in [5.74, 6) is 0.894. The first-order valence-corrected chi connectivity index (χ1v) is 6.94. The van der Waals surface area contributed by atoms with E-state index < -0.39 is 0 Å². The average molecular weight is 264 g/mol. The van der Waals surface area contributed by atoms with Crippen LogP contribution in [0.4, 0.5) is 0 Å². The fraction of sp³-hybridized carbons (Fsp3) is 0.500. The van der Waals surface area contributed by atoms with Crippen LogP contribution in [0.5, 0.6) is 0 Å². The van der Waals surface area contributed by atoms with Gasteiger partial charge in [0.1, 0.15) is 0 Å². The van der Waals surface area contributed by atoms with Gasteiger partial charge in [-0.2, -0.15) is 0 Å². The minimum atomic E-state index is 0.122. The molecule has 0 unspecified atom stereocenters. The molecular formula is C14H20N2OS. The predicted molar refractivity (Wildman–Crippen MR) is 75.9 cm³/mol. The SMILES string of the molecule is Cc1ccoc1-c1nc(C)c(CNC(C)(C)C)s1. The number of hydrogen-bond acceptors (Lipinski definition) is 4. The van der Waals surface area contributed by atoms with Crippen LogP contribution in [0.15, 0.2) is 16.7 Å². The van der Waals surface area contributed by atoms with E-state index in [1.54, 1.807) is 17.6 Å². The molecule has 0 aliphatic carbocycles. The van der Waals surface area contributed by atoms with Gasteiger partial charge in [-0.25, -0.2) is 4.98 Å². The molecule has 1 N–H and O–H groups in total. The topological polar surface area (TPSA) is 38.1 Å². The zero-order valence-corrected chi connectivity index (χ0v) is 12.4. The third-order valence-corrected chi connectivity index (χ3v) is 3.88. The van der Waals surface area contributed by atoms with E-state index in [0.29, 0.717) is 0 Å². The van der Waals surface area contributed by atoms with Crippen molar-refractivity contribution in [3.05, 3.63) is 28.5 Å². The van der Waals surface area contributed by atoms with Crippen molar-refractivity contribution < 1.29 is 4.42 Å². The van der Waals surface area contributed by atoms with E-state index in [0.717, 1.165) is 28.6 Å². The lowest BCUT2D eigenvalue weighted by atomic mass is 10.1. The molecule has 0 spiro atoms. The van der Waals surface area contributed by atoms with E-state index in [-0.39, 0.29) is 5.54 Å². The molecular weight excluding hydrogens is 244 g/mol. The molecule has 0 atom stereocenters. The number of furan rings is 1. The minimum Gasteiger partial charge on any atom is -0.462 e. The molecule has 0 amide bonds. The Morgan fingerprint density at radius 3 is 2.61 bits per heavy atom. The van der Waals surface area contributed by atoms with Gasteiger partial charge < -0.3 is 9.73 Å². The lowest BCUT2D eigenvalue weighted by Crippen LogP contribution is -2.34. The highest BCUT2D eigenvalue weighted by Crippen LogP contribution is 2.30. The van der Waals surface area contributed by atoms with Crippen molar-refractivity contribution in [2.45, 2.75) is 46.7 Å². The molecule has 0 bridgehead atoms. The van der Waals surface area contributed by atoms with Crippen LogP contribution in [-0.4, -0.2) is 10.5 Å². The standard InChI is InChI=1S/C14H20N2OS/c1-9-6-7-17-12(9)13-16-10(2)11(18-13)8-15-14(3,4)5/h6-7,15H,8H2,1-5H3. The van der Waals surface area contributed by atoms with Crippen LogP contribution in [0.2, 0.25) is 0 Å². The summed E-state index contributed by atoms with van der Waals surface area (Å²) in [6.07, 6.45) is 1.72. The van der Waals surface area contributed by atoms with E-state index in [4.69, 9.17) is 4.42 Å². The van der Waals surface area contributed by atoms with Crippen molar-refractivity contribution in [1.29, 1.82) is 0 Å². The molecule has 0 aliphatic heterocycles. The fourth-order valence-electron chi connectivity index (χ4n) is 1.63. The zero-order valence-electron chi connectivity index (χ0n) is 11.6. The number of nitrogens with one attached hydrogen (secondary N) is 1. The Hall–Kier alpha value is -1.13. The van der Waals surface area contributed by atoms with Crippen molar-refractivity contribution >= 4 is 11.3 Å². The van der Waals surface area contributed by atoms with Crippen molar-refractivity contribution in [3.63, 3.8) is 0 Å². The van der Waals surface area contributed by atoms with E-state index in [9.17, 15) is 0 Å². The van der Waals surface area contributed by atoms with Gasteiger partial charge in [-0.15, -0.1) is 11.3 Å². The van der Waals surface area contributed by atoms with Crippen LogP contribution in [0.1, 0.15) is 36.9 Å². The van der Waals surface area contributed by atoms with Gasteiger partial charge in [-0.1, -0.05) is 0 Å². The summed E-state index contributed by atoms with van der Waals surface area (Å²) in [4.78, 5) is 5.87. The van der Waals surface area contributed by atoms with Crippen molar-refractivity contribution in [3.8, 4) is 10.8 Å². The maximum absolute atomic E-state index is 5.49. The number of thiazole rings is 1. The molecule has 2 aromatic rings. The number of aromatic nitrogens is 1.